The molecule has 0 saturated carbocycles. The third-order valence-corrected chi connectivity index (χ3v) is 8.77. The van der Waals surface area contributed by atoms with Gasteiger partial charge in [-0.25, -0.2) is 13.4 Å². The Kier molecular flexibility index (Phi) is 6.76. The maximum absolute atomic E-state index is 13.2. The van der Waals surface area contributed by atoms with E-state index in [-0.39, 0.29) is 4.90 Å². The Morgan fingerprint density at radius 3 is 2.56 bits per heavy atom. The van der Waals surface area contributed by atoms with Crippen LogP contribution in [0.4, 0.5) is 5.13 Å². The van der Waals surface area contributed by atoms with Gasteiger partial charge < -0.3 is 9.64 Å². The summed E-state index contributed by atoms with van der Waals surface area (Å²) < 4.78 is 33.1. The molecule has 4 rings (SSSR count). The van der Waals surface area contributed by atoms with E-state index in [9.17, 15) is 8.42 Å². The molecule has 0 atom stereocenters. The molecule has 32 heavy (non-hydrogen) atoms. The number of aryl methyl sites for hydroxylation is 2. The number of hydrogen-bond donors (Lipinski definition) is 0. The number of aromatic nitrogens is 1. The molecular weight excluding hydrogens is 466 g/mol. The van der Waals surface area contributed by atoms with Gasteiger partial charge in [-0.3, -0.25) is 0 Å². The first-order valence-corrected chi connectivity index (χ1v) is 13.1. The first kappa shape index (κ1) is 23.0. The molecule has 0 radical (unpaired) electrons. The summed E-state index contributed by atoms with van der Waals surface area (Å²) in [4.78, 5) is 7.08. The smallest absolute Gasteiger partial charge is 0.246 e. The average Bonchev–Trinajstić information content (AvgIpc) is 3.25. The number of thiazole rings is 1. The highest BCUT2D eigenvalue weighted by molar-refractivity contribution is 7.89. The lowest BCUT2D eigenvalue weighted by atomic mass is 10.0. The summed E-state index contributed by atoms with van der Waals surface area (Å²) in [5.74, 6) is 0.299. The zero-order valence-electron chi connectivity index (χ0n) is 18.3. The molecule has 6 nitrogen and oxygen atoms in total. The summed E-state index contributed by atoms with van der Waals surface area (Å²) in [5, 5.41) is 3.39. The fourth-order valence-corrected chi connectivity index (χ4v) is 6.54. The summed E-state index contributed by atoms with van der Waals surface area (Å²) in [6.07, 6.45) is 0.799. The number of methoxy groups -OCH3 is 1. The highest BCUT2D eigenvalue weighted by Crippen LogP contribution is 2.31. The molecule has 0 spiro atoms. The molecule has 2 aromatic carbocycles. The van der Waals surface area contributed by atoms with Crippen molar-refractivity contribution in [1.82, 2.24) is 9.29 Å². The van der Waals surface area contributed by atoms with Crippen molar-refractivity contribution in [3.05, 3.63) is 69.2 Å². The molecule has 1 aliphatic heterocycles. The Morgan fingerprint density at radius 1 is 1.09 bits per heavy atom. The minimum absolute atomic E-state index is 0.103. The van der Waals surface area contributed by atoms with Crippen molar-refractivity contribution in [3.8, 4) is 5.75 Å². The van der Waals surface area contributed by atoms with E-state index in [1.54, 1.807) is 23.5 Å². The number of ether oxygens (including phenoxy) is 1. The van der Waals surface area contributed by atoms with Crippen LogP contribution in [0.2, 0.25) is 5.02 Å². The SMILES string of the molecule is COc1ccc(Cl)cc1S(=O)(=O)N1CCN(c2nc(Cc3cc(C)ccc3C)cs2)CC1. The van der Waals surface area contributed by atoms with Crippen molar-refractivity contribution >= 4 is 38.1 Å². The molecule has 0 N–H and O–H groups in total. The van der Waals surface area contributed by atoms with Gasteiger partial charge in [-0.2, -0.15) is 4.31 Å². The van der Waals surface area contributed by atoms with E-state index in [0.29, 0.717) is 37.0 Å². The van der Waals surface area contributed by atoms with E-state index >= 15 is 0 Å². The number of anilines is 1. The van der Waals surface area contributed by atoms with E-state index in [1.165, 1.54) is 34.2 Å². The molecule has 1 saturated heterocycles. The summed E-state index contributed by atoms with van der Waals surface area (Å²) in [6, 6.07) is 11.1. The molecule has 0 aliphatic carbocycles. The van der Waals surface area contributed by atoms with Crippen LogP contribution in [0.5, 0.6) is 5.75 Å². The van der Waals surface area contributed by atoms with Crippen LogP contribution in [0.1, 0.15) is 22.4 Å². The van der Waals surface area contributed by atoms with Crippen LogP contribution in [-0.4, -0.2) is 51.0 Å². The zero-order chi connectivity index (χ0) is 22.9. The molecule has 0 amide bonds. The van der Waals surface area contributed by atoms with Crippen molar-refractivity contribution in [2.45, 2.75) is 25.2 Å². The van der Waals surface area contributed by atoms with E-state index < -0.39 is 10.0 Å². The van der Waals surface area contributed by atoms with Gasteiger partial charge in [-0.1, -0.05) is 35.4 Å². The van der Waals surface area contributed by atoms with Gasteiger partial charge in [0.15, 0.2) is 5.13 Å². The van der Waals surface area contributed by atoms with Crippen LogP contribution in [0, 0.1) is 13.8 Å². The lowest BCUT2D eigenvalue weighted by Gasteiger charge is -2.34. The van der Waals surface area contributed by atoms with Crippen LogP contribution in [0.15, 0.2) is 46.7 Å². The summed E-state index contributed by atoms with van der Waals surface area (Å²) in [7, 11) is -2.24. The summed E-state index contributed by atoms with van der Waals surface area (Å²) in [5.41, 5.74) is 4.83. The largest absolute Gasteiger partial charge is 0.495 e. The second kappa shape index (κ2) is 9.39. The first-order valence-electron chi connectivity index (χ1n) is 10.4. The number of halogens is 1. The lowest BCUT2D eigenvalue weighted by Crippen LogP contribution is -2.48. The Balaban J connectivity index is 1.44. The van der Waals surface area contributed by atoms with Gasteiger partial charge >= 0.3 is 0 Å². The van der Waals surface area contributed by atoms with Crippen molar-refractivity contribution < 1.29 is 13.2 Å². The maximum Gasteiger partial charge on any atom is 0.246 e. The van der Waals surface area contributed by atoms with Gasteiger partial charge in [-0.15, -0.1) is 11.3 Å². The predicted octanol–water partition coefficient (Wildman–Crippen LogP) is 4.52. The molecule has 0 unspecified atom stereocenters. The molecule has 1 aromatic heterocycles. The molecule has 170 valence electrons. The Hall–Kier alpha value is -2.13. The van der Waals surface area contributed by atoms with Gasteiger partial charge in [0.1, 0.15) is 10.6 Å². The van der Waals surface area contributed by atoms with Crippen molar-refractivity contribution in [1.29, 1.82) is 0 Å². The van der Waals surface area contributed by atoms with E-state index in [1.807, 2.05) is 0 Å². The molecule has 1 aliphatic rings. The Labute approximate surface area is 198 Å². The average molecular weight is 492 g/mol. The zero-order valence-corrected chi connectivity index (χ0v) is 20.7. The van der Waals surface area contributed by atoms with Crippen molar-refractivity contribution in [3.63, 3.8) is 0 Å². The third kappa shape index (κ3) is 4.78. The van der Waals surface area contributed by atoms with Gasteiger partial charge in [0.2, 0.25) is 10.0 Å². The lowest BCUT2D eigenvalue weighted by molar-refractivity contribution is 0.374. The van der Waals surface area contributed by atoms with Gasteiger partial charge in [0, 0.05) is 43.0 Å². The van der Waals surface area contributed by atoms with Crippen LogP contribution in [0.3, 0.4) is 0 Å². The van der Waals surface area contributed by atoms with Crippen LogP contribution in [-0.2, 0) is 16.4 Å². The van der Waals surface area contributed by atoms with Crippen LogP contribution in [0.25, 0.3) is 0 Å². The Bertz CT molecular complexity index is 1220. The number of hydrogen-bond acceptors (Lipinski definition) is 6. The standard InChI is InChI=1S/C23H26ClN3O3S2/c1-16-4-5-17(2)18(12-16)13-20-15-31-23(25-20)26-8-10-27(11-9-26)32(28,29)22-14-19(24)6-7-21(22)30-3/h4-7,12,14-15H,8-11,13H2,1-3H3. The minimum atomic E-state index is -3.70. The summed E-state index contributed by atoms with van der Waals surface area (Å²) >= 11 is 7.65. The van der Waals surface area contributed by atoms with E-state index in [2.05, 4.69) is 42.3 Å². The fourth-order valence-electron chi connectivity index (χ4n) is 3.82. The summed E-state index contributed by atoms with van der Waals surface area (Å²) in [6.45, 7) is 6.14. The quantitative estimate of drug-likeness (QED) is 0.507. The molecule has 2 heterocycles. The monoisotopic (exact) mass is 491 g/mol. The minimum Gasteiger partial charge on any atom is -0.495 e. The highest BCUT2D eigenvalue weighted by Gasteiger charge is 2.31. The number of benzene rings is 2. The van der Waals surface area contributed by atoms with Crippen molar-refractivity contribution in [2.24, 2.45) is 0 Å². The van der Waals surface area contributed by atoms with Gasteiger partial charge in [-0.05, 0) is 43.2 Å². The maximum atomic E-state index is 13.2. The molecule has 1 fully saturated rings. The predicted molar refractivity (Wildman–Crippen MR) is 130 cm³/mol. The second-order valence-electron chi connectivity index (χ2n) is 7.91. The highest BCUT2D eigenvalue weighted by atomic mass is 35.5. The number of rotatable bonds is 6. The second-order valence-corrected chi connectivity index (χ2v) is 11.1. The van der Waals surface area contributed by atoms with E-state index in [0.717, 1.165) is 17.2 Å². The van der Waals surface area contributed by atoms with Crippen LogP contribution >= 0.6 is 22.9 Å². The molecular formula is C23H26ClN3O3S2. The first-order chi connectivity index (χ1) is 15.3. The topological polar surface area (TPSA) is 62.7 Å². The van der Waals surface area contributed by atoms with E-state index in [4.69, 9.17) is 21.3 Å². The Morgan fingerprint density at radius 2 is 1.84 bits per heavy atom. The van der Waals surface area contributed by atoms with Gasteiger partial charge in [0.05, 0.1) is 12.8 Å². The van der Waals surface area contributed by atoms with Gasteiger partial charge in [0.25, 0.3) is 0 Å². The van der Waals surface area contributed by atoms with Crippen LogP contribution < -0.4 is 9.64 Å². The number of sulfonamides is 1. The molecule has 9 heteroatoms. The molecule has 3 aromatic rings. The van der Waals surface area contributed by atoms with Crippen molar-refractivity contribution in [2.75, 3.05) is 38.2 Å². The third-order valence-electron chi connectivity index (χ3n) is 5.67. The fraction of sp³-hybridized carbons (Fsp3) is 0.348. The molecule has 0 bridgehead atoms. The normalized spacial score (nSPS) is 15.2. The number of nitrogens with zero attached hydrogens (tertiary/aromatic N) is 3. The number of piperazine rings is 1.